The van der Waals surface area contributed by atoms with E-state index in [-0.39, 0.29) is 11.5 Å². The van der Waals surface area contributed by atoms with Gasteiger partial charge >= 0.3 is 24.1 Å². The second kappa shape index (κ2) is 11.1. The molecule has 1 saturated heterocycles. The van der Waals surface area contributed by atoms with Crippen LogP contribution in [-0.4, -0.2) is 35.7 Å². The van der Waals surface area contributed by atoms with E-state index in [1.54, 1.807) is 54.6 Å². The van der Waals surface area contributed by atoms with Gasteiger partial charge in [-0.3, -0.25) is 9.59 Å². The molecule has 3 aromatic carbocycles. The molecule has 10 heteroatoms. The summed E-state index contributed by atoms with van der Waals surface area (Å²) < 4.78 is 64.3. The first-order valence-corrected chi connectivity index (χ1v) is 14.1. The maximum absolute atomic E-state index is 13.9. The summed E-state index contributed by atoms with van der Waals surface area (Å²) in [5.41, 5.74) is -1.99. The van der Waals surface area contributed by atoms with Crippen molar-refractivity contribution < 1.29 is 46.5 Å². The fourth-order valence-corrected chi connectivity index (χ4v) is 6.35. The lowest BCUT2D eigenvalue weighted by atomic mass is 9.78. The molecule has 6 atom stereocenters. The van der Waals surface area contributed by atoms with Gasteiger partial charge in [0, 0.05) is 17.4 Å². The predicted molar refractivity (Wildman–Crippen MR) is 149 cm³/mol. The van der Waals surface area contributed by atoms with Crippen LogP contribution in [0.15, 0.2) is 78.9 Å². The van der Waals surface area contributed by atoms with E-state index in [0.717, 1.165) is 18.2 Å². The molecular formula is C34H27F3O7. The summed E-state index contributed by atoms with van der Waals surface area (Å²) in [5.74, 6) is 0.820. The number of ether oxygens (including phenoxy) is 4. The number of fused-ring (bicyclic) bond motifs is 1. The molecule has 2 bridgehead atoms. The maximum atomic E-state index is 13.9. The minimum Gasteiger partial charge on any atom is -0.475 e. The van der Waals surface area contributed by atoms with Crippen LogP contribution in [0.2, 0.25) is 0 Å². The Labute approximate surface area is 251 Å². The molecule has 226 valence electrons. The number of carbonyl (C=O) groups excluding carboxylic acids is 3. The predicted octanol–water partition coefficient (Wildman–Crippen LogP) is 5.85. The number of hydrogen-bond donors (Lipinski definition) is 0. The van der Waals surface area contributed by atoms with Crippen molar-refractivity contribution in [3.63, 3.8) is 0 Å². The molecule has 0 radical (unpaired) electrons. The second-order valence-electron chi connectivity index (χ2n) is 11.6. The van der Waals surface area contributed by atoms with Gasteiger partial charge in [0.1, 0.15) is 23.7 Å². The van der Waals surface area contributed by atoms with E-state index < -0.39 is 71.0 Å². The molecule has 0 aromatic heterocycles. The van der Waals surface area contributed by atoms with Crippen molar-refractivity contribution in [2.24, 2.45) is 23.7 Å². The van der Waals surface area contributed by atoms with Crippen LogP contribution in [0.1, 0.15) is 41.8 Å². The Kier molecular flexibility index (Phi) is 7.36. The maximum Gasteiger partial charge on any atom is 0.419 e. The first kappa shape index (κ1) is 29.3. The smallest absolute Gasteiger partial charge is 0.419 e. The van der Waals surface area contributed by atoms with Crippen molar-refractivity contribution in [1.82, 2.24) is 0 Å². The summed E-state index contributed by atoms with van der Waals surface area (Å²) in [7, 11) is 0. The van der Waals surface area contributed by atoms with Gasteiger partial charge in [0.15, 0.2) is 5.60 Å². The largest absolute Gasteiger partial charge is 0.475 e. The number of para-hydroxylation sites is 1. The summed E-state index contributed by atoms with van der Waals surface area (Å²) >= 11 is 0. The highest BCUT2D eigenvalue weighted by Gasteiger charge is 2.70. The van der Waals surface area contributed by atoms with Gasteiger partial charge in [-0.25, -0.2) is 4.79 Å². The zero-order chi connectivity index (χ0) is 31.2. The minimum atomic E-state index is -4.77. The molecule has 3 aliphatic rings. The third-order valence-electron chi connectivity index (χ3n) is 8.19. The number of hydrogen-bond acceptors (Lipinski definition) is 7. The van der Waals surface area contributed by atoms with Gasteiger partial charge in [-0.1, -0.05) is 48.2 Å². The summed E-state index contributed by atoms with van der Waals surface area (Å²) in [6.45, 7) is 3.03. The van der Waals surface area contributed by atoms with Crippen LogP contribution in [0, 0.1) is 35.5 Å². The van der Waals surface area contributed by atoms with E-state index in [9.17, 15) is 27.6 Å². The Morgan fingerprint density at radius 1 is 0.932 bits per heavy atom. The average Bonchev–Trinajstić information content (AvgIpc) is 3.60. The van der Waals surface area contributed by atoms with Crippen LogP contribution in [0.4, 0.5) is 13.2 Å². The summed E-state index contributed by atoms with van der Waals surface area (Å²) in [6.07, 6.45) is -6.09. The number of esters is 3. The first-order valence-electron chi connectivity index (χ1n) is 14.1. The van der Waals surface area contributed by atoms with E-state index in [0.29, 0.717) is 17.7 Å². The van der Waals surface area contributed by atoms with E-state index in [4.69, 9.17) is 18.9 Å². The Morgan fingerprint density at radius 3 is 2.30 bits per heavy atom. The second-order valence-corrected chi connectivity index (χ2v) is 11.6. The fraction of sp³-hybridized carbons (Fsp3) is 0.324. The SMILES string of the molecule is CC(C)(C#Cc1ccccc1)Oc1cc(C(=O)OC2C3CC4C2OC(=O)C4C3C(=O)Oc2ccccc2)ccc1C(F)(F)F. The zero-order valence-electron chi connectivity index (χ0n) is 23.7. The molecule has 2 aliphatic carbocycles. The third kappa shape index (κ3) is 5.62. The van der Waals surface area contributed by atoms with Crippen LogP contribution in [-0.2, 0) is 25.2 Å². The number of benzene rings is 3. The minimum absolute atomic E-state index is 0.202. The molecule has 0 spiro atoms. The molecule has 1 heterocycles. The molecular weight excluding hydrogens is 577 g/mol. The Hall–Kier alpha value is -4.78. The van der Waals surface area contributed by atoms with Crippen LogP contribution in [0.5, 0.6) is 11.5 Å². The Morgan fingerprint density at radius 2 is 1.61 bits per heavy atom. The van der Waals surface area contributed by atoms with Crippen molar-refractivity contribution in [3.05, 3.63) is 95.6 Å². The van der Waals surface area contributed by atoms with Gasteiger partial charge in [0.2, 0.25) is 0 Å². The van der Waals surface area contributed by atoms with Crippen molar-refractivity contribution in [2.75, 3.05) is 0 Å². The van der Waals surface area contributed by atoms with Crippen LogP contribution in [0.25, 0.3) is 0 Å². The van der Waals surface area contributed by atoms with Gasteiger partial charge in [-0.05, 0) is 62.7 Å². The molecule has 0 N–H and O–H groups in total. The highest BCUT2D eigenvalue weighted by molar-refractivity contribution is 5.91. The lowest BCUT2D eigenvalue weighted by Crippen LogP contribution is -2.44. The number of carbonyl (C=O) groups is 3. The highest BCUT2D eigenvalue weighted by atomic mass is 19.4. The normalized spacial score (nSPS) is 25.1. The monoisotopic (exact) mass is 604 g/mol. The molecule has 6 unspecified atom stereocenters. The van der Waals surface area contributed by atoms with E-state index >= 15 is 0 Å². The Balaban J connectivity index is 1.23. The number of halogens is 3. The zero-order valence-corrected chi connectivity index (χ0v) is 23.7. The van der Waals surface area contributed by atoms with Gasteiger partial charge in [0.05, 0.1) is 23.0 Å². The van der Waals surface area contributed by atoms with Crippen LogP contribution in [0.3, 0.4) is 0 Å². The third-order valence-corrected chi connectivity index (χ3v) is 8.19. The average molecular weight is 605 g/mol. The highest BCUT2D eigenvalue weighted by Crippen LogP contribution is 2.59. The molecule has 2 saturated carbocycles. The molecule has 3 fully saturated rings. The molecule has 6 rings (SSSR count). The summed E-state index contributed by atoms with van der Waals surface area (Å²) in [6, 6.07) is 20.0. The van der Waals surface area contributed by atoms with E-state index in [1.165, 1.54) is 13.8 Å². The lowest BCUT2D eigenvalue weighted by Gasteiger charge is -2.30. The van der Waals surface area contributed by atoms with E-state index in [1.807, 2.05) is 6.07 Å². The Bertz CT molecular complexity index is 1660. The molecule has 44 heavy (non-hydrogen) atoms. The van der Waals surface area contributed by atoms with Crippen molar-refractivity contribution in [2.45, 2.75) is 44.3 Å². The van der Waals surface area contributed by atoms with Crippen molar-refractivity contribution >= 4 is 17.9 Å². The standard InChI is InChI=1S/C34H27F3O7/c1-33(2,16-15-19-9-5-3-6-10-19)44-25-17-20(13-14-24(25)34(35,36)37)30(38)42-28-22-18-23-27(32(40)43-29(23)28)26(22)31(39)41-21-11-7-4-8-12-21/h3-14,17,22-23,26-29H,18H2,1-2H3. The van der Waals surface area contributed by atoms with Crippen molar-refractivity contribution in [3.8, 4) is 23.3 Å². The molecule has 1 aliphatic heterocycles. The summed E-state index contributed by atoms with van der Waals surface area (Å²) in [5, 5.41) is 0. The molecule has 3 aromatic rings. The molecule has 0 amide bonds. The number of rotatable bonds is 6. The molecule has 7 nitrogen and oxygen atoms in total. The number of alkyl halides is 3. The lowest BCUT2D eigenvalue weighted by molar-refractivity contribution is -0.149. The fourth-order valence-electron chi connectivity index (χ4n) is 6.35. The van der Waals surface area contributed by atoms with Gasteiger partial charge in [0.25, 0.3) is 0 Å². The van der Waals surface area contributed by atoms with Gasteiger partial charge in [-0.2, -0.15) is 13.2 Å². The quantitative estimate of drug-likeness (QED) is 0.198. The van der Waals surface area contributed by atoms with Crippen LogP contribution < -0.4 is 9.47 Å². The van der Waals surface area contributed by atoms with Gasteiger partial charge < -0.3 is 18.9 Å². The van der Waals surface area contributed by atoms with Crippen LogP contribution >= 0.6 is 0 Å². The van der Waals surface area contributed by atoms with Crippen molar-refractivity contribution in [1.29, 1.82) is 0 Å². The van der Waals surface area contributed by atoms with E-state index in [2.05, 4.69) is 11.8 Å². The summed E-state index contributed by atoms with van der Waals surface area (Å²) in [4.78, 5) is 39.2. The first-order chi connectivity index (χ1) is 20.9. The van der Waals surface area contributed by atoms with Gasteiger partial charge in [-0.15, -0.1) is 0 Å². The topological polar surface area (TPSA) is 88.1 Å².